The maximum absolute atomic E-state index is 14.5. The fourth-order valence-corrected chi connectivity index (χ4v) is 4.31. The molecule has 0 fully saturated rings. The summed E-state index contributed by atoms with van der Waals surface area (Å²) in [6, 6.07) is 10.9. The second-order valence-corrected chi connectivity index (χ2v) is 8.19. The third-order valence-electron chi connectivity index (χ3n) is 5.36. The second-order valence-electron chi connectivity index (χ2n) is 7.27. The van der Waals surface area contributed by atoms with Crippen LogP contribution in [-0.2, 0) is 0 Å². The van der Waals surface area contributed by atoms with Gasteiger partial charge in [0.2, 0.25) is 0 Å². The first kappa shape index (κ1) is 17.7. The summed E-state index contributed by atoms with van der Waals surface area (Å²) in [6.07, 6.45) is 0. The molecule has 4 aromatic rings. The molecule has 2 heterocycles. The van der Waals surface area contributed by atoms with Gasteiger partial charge in [0.25, 0.3) is 5.56 Å². The highest BCUT2D eigenvalue weighted by Crippen LogP contribution is 2.41. The van der Waals surface area contributed by atoms with Crippen molar-refractivity contribution < 1.29 is 9.50 Å². The molecule has 0 aliphatic heterocycles. The Morgan fingerprint density at radius 3 is 2.48 bits per heavy atom. The number of thiophene rings is 1. The quantitative estimate of drug-likeness (QED) is 0.456. The van der Waals surface area contributed by atoms with Crippen molar-refractivity contribution in [1.82, 2.24) is 4.98 Å². The van der Waals surface area contributed by atoms with E-state index in [1.165, 1.54) is 16.9 Å². The summed E-state index contributed by atoms with van der Waals surface area (Å²) >= 11 is 1.31. The molecule has 3 nitrogen and oxygen atoms in total. The molecular weight excluding hydrogens is 361 g/mol. The first-order valence-corrected chi connectivity index (χ1v) is 9.81. The van der Waals surface area contributed by atoms with Gasteiger partial charge in [0.05, 0.1) is 5.52 Å². The third kappa shape index (κ3) is 2.82. The number of H-pyrrole nitrogens is 1. The first-order valence-electron chi connectivity index (χ1n) is 8.93. The molecule has 0 amide bonds. The van der Waals surface area contributed by atoms with E-state index in [0.717, 1.165) is 11.6 Å². The number of benzene rings is 2. The summed E-state index contributed by atoms with van der Waals surface area (Å²) in [5.74, 6) is 0.162. The number of aromatic nitrogens is 1. The van der Waals surface area contributed by atoms with E-state index in [2.05, 4.69) is 25.8 Å². The zero-order valence-electron chi connectivity index (χ0n) is 15.3. The molecule has 2 N–H and O–H groups in total. The van der Waals surface area contributed by atoms with Crippen LogP contribution in [0.5, 0.6) is 5.75 Å². The Balaban J connectivity index is 2.02. The largest absolute Gasteiger partial charge is 0.507 e. The lowest BCUT2D eigenvalue weighted by Crippen LogP contribution is -2.06. The van der Waals surface area contributed by atoms with E-state index in [1.54, 1.807) is 11.4 Å². The van der Waals surface area contributed by atoms with Gasteiger partial charge in [0.1, 0.15) is 10.4 Å². The number of fused-ring (bicyclic) bond motifs is 3. The predicted molar refractivity (Wildman–Crippen MR) is 110 cm³/mol. The SMILES string of the molecule is CC(C)C(C)c1ccc(-c2c(O)cc(F)c3[nH]c(=O)c4sccc4c23)cc1. The Morgan fingerprint density at radius 1 is 1.11 bits per heavy atom. The smallest absolute Gasteiger partial charge is 0.266 e. The average Bonchev–Trinajstić information content (AvgIpc) is 3.13. The lowest BCUT2D eigenvalue weighted by molar-refractivity contribution is 0.472. The number of phenols is 1. The zero-order chi connectivity index (χ0) is 19.3. The summed E-state index contributed by atoms with van der Waals surface area (Å²) in [5, 5.41) is 13.5. The molecule has 0 aliphatic rings. The monoisotopic (exact) mass is 381 g/mol. The molecule has 5 heteroatoms. The van der Waals surface area contributed by atoms with Crippen LogP contribution in [-0.4, -0.2) is 10.1 Å². The van der Waals surface area contributed by atoms with Crippen LogP contribution in [0.2, 0.25) is 0 Å². The Morgan fingerprint density at radius 2 is 1.81 bits per heavy atom. The molecular formula is C22H20FNO2S. The molecule has 1 atom stereocenters. The molecule has 27 heavy (non-hydrogen) atoms. The van der Waals surface area contributed by atoms with Crippen molar-refractivity contribution in [2.24, 2.45) is 5.92 Å². The molecule has 138 valence electrons. The zero-order valence-corrected chi connectivity index (χ0v) is 16.2. The molecule has 0 bridgehead atoms. The van der Waals surface area contributed by atoms with Gasteiger partial charge in [-0.3, -0.25) is 4.79 Å². The maximum Gasteiger partial charge on any atom is 0.266 e. The minimum atomic E-state index is -0.637. The van der Waals surface area contributed by atoms with Crippen molar-refractivity contribution in [2.45, 2.75) is 26.7 Å². The number of aromatic amines is 1. The van der Waals surface area contributed by atoms with Crippen LogP contribution in [0.15, 0.2) is 46.6 Å². The standard InChI is InChI=1S/C22H20FNO2S/c1-11(2)12(3)13-4-6-14(7-5-13)18-17(25)10-16(23)20-19(18)15-8-9-27-21(15)22(26)24-20/h4-12,25H,1-3H3,(H,24,26). The van der Waals surface area contributed by atoms with Crippen LogP contribution in [0.3, 0.4) is 0 Å². The van der Waals surface area contributed by atoms with Crippen LogP contribution < -0.4 is 5.56 Å². The number of halogens is 1. The minimum Gasteiger partial charge on any atom is -0.507 e. The third-order valence-corrected chi connectivity index (χ3v) is 6.28. The Hall–Kier alpha value is -2.66. The highest BCUT2D eigenvalue weighted by molar-refractivity contribution is 7.17. The van der Waals surface area contributed by atoms with Gasteiger partial charge in [-0.15, -0.1) is 11.3 Å². The van der Waals surface area contributed by atoms with Crippen molar-refractivity contribution >= 4 is 32.3 Å². The van der Waals surface area contributed by atoms with Gasteiger partial charge in [-0.2, -0.15) is 0 Å². The maximum atomic E-state index is 14.5. The van der Waals surface area contributed by atoms with Gasteiger partial charge in [-0.05, 0) is 34.4 Å². The van der Waals surface area contributed by atoms with Crippen molar-refractivity contribution in [3.63, 3.8) is 0 Å². The molecule has 0 saturated heterocycles. The Bertz CT molecular complexity index is 1210. The first-order chi connectivity index (χ1) is 12.9. The predicted octanol–water partition coefficient (Wildman–Crippen LogP) is 6.01. The van der Waals surface area contributed by atoms with Crippen molar-refractivity contribution in [1.29, 1.82) is 0 Å². The number of hydrogen-bond donors (Lipinski definition) is 2. The number of rotatable bonds is 3. The highest BCUT2D eigenvalue weighted by atomic mass is 32.1. The van der Waals surface area contributed by atoms with E-state index in [4.69, 9.17) is 0 Å². The summed E-state index contributed by atoms with van der Waals surface area (Å²) in [7, 11) is 0. The highest BCUT2D eigenvalue weighted by Gasteiger charge is 2.19. The molecule has 0 saturated carbocycles. The van der Waals surface area contributed by atoms with Gasteiger partial charge in [0.15, 0.2) is 5.82 Å². The fraction of sp³-hybridized carbons (Fsp3) is 0.227. The molecule has 2 aromatic heterocycles. The van der Waals surface area contributed by atoms with E-state index in [-0.39, 0.29) is 16.8 Å². The number of phenolic OH excluding ortho intramolecular Hbond substituents is 1. The molecule has 0 spiro atoms. The minimum absolute atomic E-state index is 0.123. The fourth-order valence-electron chi connectivity index (χ4n) is 3.51. The summed E-state index contributed by atoms with van der Waals surface area (Å²) < 4.78 is 15.0. The van der Waals surface area contributed by atoms with Crippen molar-refractivity contribution in [3.05, 3.63) is 63.5 Å². The Labute approximate surface area is 160 Å². The number of hydrogen-bond acceptors (Lipinski definition) is 3. The Kier molecular flexibility index (Phi) is 4.27. The topological polar surface area (TPSA) is 53.1 Å². The van der Waals surface area contributed by atoms with Crippen molar-refractivity contribution in [2.75, 3.05) is 0 Å². The van der Waals surface area contributed by atoms with Gasteiger partial charge in [-0.25, -0.2) is 4.39 Å². The van der Waals surface area contributed by atoms with Gasteiger partial charge >= 0.3 is 0 Å². The summed E-state index contributed by atoms with van der Waals surface area (Å²) in [6.45, 7) is 6.55. The van der Waals surface area contributed by atoms with Crippen LogP contribution >= 0.6 is 11.3 Å². The molecule has 2 aromatic carbocycles. The second kappa shape index (κ2) is 6.50. The van der Waals surface area contributed by atoms with E-state index in [0.29, 0.717) is 32.9 Å². The molecule has 0 aliphatic carbocycles. The van der Waals surface area contributed by atoms with E-state index >= 15 is 0 Å². The van der Waals surface area contributed by atoms with Crippen LogP contribution in [0.1, 0.15) is 32.3 Å². The van der Waals surface area contributed by atoms with Crippen LogP contribution in [0.25, 0.3) is 32.1 Å². The van der Waals surface area contributed by atoms with Gasteiger partial charge in [0, 0.05) is 22.4 Å². The van der Waals surface area contributed by atoms with Crippen molar-refractivity contribution in [3.8, 4) is 16.9 Å². The number of pyridine rings is 1. The van der Waals surface area contributed by atoms with Crippen LogP contribution in [0, 0.1) is 11.7 Å². The van der Waals surface area contributed by atoms with E-state index < -0.39 is 5.82 Å². The summed E-state index contributed by atoms with van der Waals surface area (Å²) in [5.41, 5.74) is 2.35. The van der Waals surface area contributed by atoms with Gasteiger partial charge < -0.3 is 10.1 Å². The number of nitrogens with one attached hydrogen (secondary N) is 1. The lowest BCUT2D eigenvalue weighted by Gasteiger charge is -2.17. The average molecular weight is 381 g/mol. The number of aromatic hydroxyl groups is 1. The molecule has 4 rings (SSSR count). The summed E-state index contributed by atoms with van der Waals surface area (Å²) in [4.78, 5) is 14.9. The van der Waals surface area contributed by atoms with E-state index in [9.17, 15) is 14.3 Å². The van der Waals surface area contributed by atoms with E-state index in [1.807, 2.05) is 24.3 Å². The molecule has 0 radical (unpaired) electrons. The lowest BCUT2D eigenvalue weighted by atomic mass is 9.88. The normalized spacial score (nSPS) is 12.9. The van der Waals surface area contributed by atoms with Crippen LogP contribution in [0.4, 0.5) is 4.39 Å². The molecule has 1 unspecified atom stereocenters. The van der Waals surface area contributed by atoms with Gasteiger partial charge in [-0.1, -0.05) is 45.0 Å².